The maximum atomic E-state index is 13.3. The number of nitrogens with one attached hydrogen (secondary N) is 2. The van der Waals surface area contributed by atoms with Crippen molar-refractivity contribution in [2.45, 2.75) is 13.0 Å². The summed E-state index contributed by atoms with van der Waals surface area (Å²) in [7, 11) is 0. The molecule has 2 aromatic heterocycles. The average Bonchev–Trinajstić information content (AvgIpc) is 3.63. The van der Waals surface area contributed by atoms with Crippen LogP contribution in [0, 0.1) is 11.5 Å². The molecule has 1 aliphatic rings. The summed E-state index contributed by atoms with van der Waals surface area (Å²) in [6.07, 6.45) is 4.42. The van der Waals surface area contributed by atoms with Crippen molar-refractivity contribution in [3.63, 3.8) is 0 Å². The number of ether oxygens (including phenoxy) is 1. The number of carbonyl (C=O) groups is 1. The number of thiophene rings is 1. The van der Waals surface area contributed by atoms with Crippen molar-refractivity contribution >= 4 is 51.2 Å². The minimum absolute atomic E-state index is 0.198. The highest BCUT2D eigenvalue weighted by Crippen LogP contribution is 2.33. The summed E-state index contributed by atoms with van der Waals surface area (Å²) in [4.78, 5) is 24.1. The van der Waals surface area contributed by atoms with Crippen molar-refractivity contribution in [1.82, 2.24) is 4.98 Å². The topological polar surface area (TPSA) is 103 Å². The first-order chi connectivity index (χ1) is 19.7. The highest BCUT2D eigenvalue weighted by Gasteiger charge is 2.26. The lowest BCUT2D eigenvalue weighted by Crippen LogP contribution is -2.33. The molecule has 196 valence electrons. The molecule has 40 heavy (non-hydrogen) atoms. The minimum atomic E-state index is -0.201. The third kappa shape index (κ3) is 5.21. The van der Waals surface area contributed by atoms with Crippen LogP contribution in [0.2, 0.25) is 0 Å². The Morgan fingerprint density at radius 2 is 1.93 bits per heavy atom. The monoisotopic (exact) mass is 544 g/mol. The Labute approximate surface area is 235 Å². The first kappa shape index (κ1) is 25.1. The molecule has 6 rings (SSSR count). The van der Waals surface area contributed by atoms with E-state index in [1.807, 2.05) is 95.3 Å². The highest BCUT2D eigenvalue weighted by atomic mass is 32.1. The maximum absolute atomic E-state index is 13.3. The summed E-state index contributed by atoms with van der Waals surface area (Å²) < 4.78 is 5.94. The van der Waals surface area contributed by atoms with Crippen LogP contribution in [0.1, 0.15) is 20.8 Å². The van der Waals surface area contributed by atoms with E-state index < -0.39 is 0 Å². The first-order valence-electron chi connectivity index (χ1n) is 12.7. The minimum Gasteiger partial charge on any atom is -0.425 e. The van der Waals surface area contributed by atoms with Gasteiger partial charge in [-0.2, -0.15) is 5.26 Å². The molecular formula is C31H24N6O2S. The molecule has 0 radical (unpaired) electrons. The van der Waals surface area contributed by atoms with Crippen LogP contribution in [0.25, 0.3) is 10.9 Å². The lowest BCUT2D eigenvalue weighted by atomic mass is 10.1. The van der Waals surface area contributed by atoms with Crippen LogP contribution < -0.4 is 20.3 Å². The van der Waals surface area contributed by atoms with E-state index in [9.17, 15) is 10.1 Å². The number of amides is 1. The first-order valence-corrected chi connectivity index (χ1v) is 13.6. The SMILES string of the molecule is N#C/N=C(/Oc1ccccc1)N1CCc2ccc(NC(=O)c3sccc3NCc3ccnc4ccccc34)cc21. The van der Waals surface area contributed by atoms with Gasteiger partial charge in [0.2, 0.25) is 6.19 Å². The third-order valence-corrected chi connectivity index (χ3v) is 7.56. The van der Waals surface area contributed by atoms with Gasteiger partial charge >= 0.3 is 6.02 Å². The summed E-state index contributed by atoms with van der Waals surface area (Å²) >= 11 is 1.38. The number of aromatic nitrogens is 1. The summed E-state index contributed by atoms with van der Waals surface area (Å²) in [6.45, 7) is 1.18. The molecule has 9 heteroatoms. The number of para-hydroxylation sites is 2. The number of amidine groups is 1. The zero-order chi connectivity index (χ0) is 27.3. The molecule has 0 spiro atoms. The van der Waals surface area contributed by atoms with Crippen molar-refractivity contribution < 1.29 is 9.53 Å². The number of anilines is 3. The molecule has 5 aromatic rings. The molecule has 0 aliphatic carbocycles. The number of benzene rings is 3. The van der Waals surface area contributed by atoms with Crippen molar-refractivity contribution in [3.8, 4) is 11.9 Å². The quantitative estimate of drug-likeness (QED) is 0.145. The van der Waals surface area contributed by atoms with Gasteiger partial charge in [-0.1, -0.05) is 42.5 Å². The van der Waals surface area contributed by atoms with E-state index in [1.54, 1.807) is 6.20 Å². The van der Waals surface area contributed by atoms with Gasteiger partial charge in [0.1, 0.15) is 10.6 Å². The predicted octanol–water partition coefficient (Wildman–Crippen LogP) is 6.44. The Morgan fingerprint density at radius 3 is 2.80 bits per heavy atom. The molecule has 0 bridgehead atoms. The fourth-order valence-electron chi connectivity index (χ4n) is 4.74. The van der Waals surface area contributed by atoms with Crippen LogP contribution >= 0.6 is 11.3 Å². The summed E-state index contributed by atoms with van der Waals surface area (Å²) in [5, 5.41) is 18.7. The second-order valence-electron chi connectivity index (χ2n) is 9.11. The molecule has 3 aromatic carbocycles. The van der Waals surface area contributed by atoms with Crippen molar-refractivity contribution in [2.24, 2.45) is 4.99 Å². The zero-order valence-electron chi connectivity index (χ0n) is 21.4. The number of hydrogen-bond donors (Lipinski definition) is 2. The van der Waals surface area contributed by atoms with Crippen molar-refractivity contribution in [2.75, 3.05) is 22.1 Å². The zero-order valence-corrected chi connectivity index (χ0v) is 22.2. The van der Waals surface area contributed by atoms with Crippen LogP contribution in [-0.4, -0.2) is 23.5 Å². The summed E-state index contributed by atoms with van der Waals surface area (Å²) in [5.41, 5.74) is 5.39. The van der Waals surface area contributed by atoms with Gasteiger partial charge in [-0.3, -0.25) is 14.7 Å². The van der Waals surface area contributed by atoms with Crippen LogP contribution in [0.4, 0.5) is 17.1 Å². The Bertz CT molecular complexity index is 1750. The van der Waals surface area contributed by atoms with E-state index in [0.717, 1.165) is 39.8 Å². The van der Waals surface area contributed by atoms with Crippen LogP contribution in [0.5, 0.6) is 5.75 Å². The average molecular weight is 545 g/mol. The van der Waals surface area contributed by atoms with Gasteiger partial charge in [-0.05, 0) is 65.4 Å². The Hall–Kier alpha value is -5.20. The number of pyridine rings is 1. The van der Waals surface area contributed by atoms with Gasteiger partial charge in [-0.15, -0.1) is 16.3 Å². The molecular weight excluding hydrogens is 520 g/mol. The number of fused-ring (bicyclic) bond motifs is 2. The summed E-state index contributed by atoms with van der Waals surface area (Å²) in [6, 6.07) is 27.1. The summed E-state index contributed by atoms with van der Waals surface area (Å²) in [5.74, 6) is 0.389. The predicted molar refractivity (Wildman–Crippen MR) is 159 cm³/mol. The smallest absolute Gasteiger partial charge is 0.312 e. The number of carbonyl (C=O) groups excluding carboxylic acids is 1. The van der Waals surface area contributed by atoms with Crippen molar-refractivity contribution in [3.05, 3.63) is 113 Å². The second-order valence-corrected chi connectivity index (χ2v) is 10.0. The molecule has 8 nitrogen and oxygen atoms in total. The van der Waals surface area contributed by atoms with Gasteiger partial charge in [-0.25, -0.2) is 0 Å². The Balaban J connectivity index is 1.18. The van der Waals surface area contributed by atoms with Gasteiger partial charge in [0.15, 0.2) is 0 Å². The van der Waals surface area contributed by atoms with Gasteiger partial charge < -0.3 is 15.4 Å². The molecule has 3 heterocycles. The Morgan fingerprint density at radius 1 is 1.07 bits per heavy atom. The molecule has 0 fully saturated rings. The van der Waals surface area contributed by atoms with Gasteiger partial charge in [0, 0.05) is 30.4 Å². The molecule has 2 N–H and O–H groups in total. The number of hydrogen-bond acceptors (Lipinski definition) is 7. The molecule has 0 saturated carbocycles. The number of aliphatic imine (C=N–C) groups is 1. The lowest BCUT2D eigenvalue weighted by Gasteiger charge is -2.20. The van der Waals surface area contributed by atoms with Crippen LogP contribution in [0.3, 0.4) is 0 Å². The molecule has 1 aliphatic heterocycles. The fraction of sp³-hybridized carbons (Fsp3) is 0.0968. The standard InChI is InChI=1S/C31H24N6O2S/c32-20-35-31(39-24-6-2-1-3-7-24)37-16-13-21-10-11-23(18-28(21)37)36-30(38)29-27(14-17-40-29)34-19-22-12-15-33-26-9-5-4-8-25(22)26/h1-12,14-15,17-18,34H,13,16,19H2,(H,36,38)/b35-31+. The lowest BCUT2D eigenvalue weighted by molar-refractivity contribution is 0.103. The third-order valence-electron chi connectivity index (χ3n) is 6.65. The highest BCUT2D eigenvalue weighted by molar-refractivity contribution is 7.12. The van der Waals surface area contributed by atoms with Crippen LogP contribution in [0.15, 0.2) is 101 Å². The number of nitrogens with zero attached hydrogens (tertiary/aromatic N) is 4. The molecule has 1 amide bonds. The van der Waals surface area contributed by atoms with E-state index in [2.05, 4.69) is 26.7 Å². The molecule has 0 atom stereocenters. The second kappa shape index (κ2) is 11.3. The van der Waals surface area contributed by atoms with E-state index in [4.69, 9.17) is 4.74 Å². The molecule has 0 saturated heterocycles. The molecule has 0 unspecified atom stereocenters. The fourth-order valence-corrected chi connectivity index (χ4v) is 5.51. The van der Waals surface area contributed by atoms with E-state index in [1.165, 1.54) is 11.3 Å². The number of nitriles is 1. The van der Waals surface area contributed by atoms with Crippen LogP contribution in [-0.2, 0) is 13.0 Å². The maximum Gasteiger partial charge on any atom is 0.312 e. The van der Waals surface area contributed by atoms with E-state index in [0.29, 0.717) is 29.4 Å². The largest absolute Gasteiger partial charge is 0.425 e. The van der Waals surface area contributed by atoms with Crippen molar-refractivity contribution in [1.29, 1.82) is 5.26 Å². The van der Waals surface area contributed by atoms with E-state index in [-0.39, 0.29) is 11.9 Å². The van der Waals surface area contributed by atoms with Gasteiger partial charge in [0.05, 0.1) is 16.9 Å². The number of rotatable bonds is 6. The van der Waals surface area contributed by atoms with E-state index >= 15 is 0 Å². The van der Waals surface area contributed by atoms with Gasteiger partial charge in [0.25, 0.3) is 5.91 Å². The Kier molecular flexibility index (Phi) is 7.07. The normalized spacial score (nSPS) is 12.6.